The lowest BCUT2D eigenvalue weighted by atomic mass is 9.86. The topological polar surface area (TPSA) is 65.8 Å². The molecule has 0 spiro atoms. The molecule has 9 heteroatoms. The van der Waals surface area contributed by atoms with E-state index in [-0.39, 0.29) is 18.2 Å². The Bertz CT molecular complexity index is 1120. The van der Waals surface area contributed by atoms with Crippen LogP contribution in [0.3, 0.4) is 0 Å². The van der Waals surface area contributed by atoms with Gasteiger partial charge in [-0.05, 0) is 36.4 Å². The maximum atomic E-state index is 13.2. The zero-order valence-corrected chi connectivity index (χ0v) is 20.1. The average Bonchev–Trinajstić information content (AvgIpc) is 2.78. The number of fused-ring (bicyclic) bond motifs is 1. The highest BCUT2D eigenvalue weighted by Crippen LogP contribution is 2.46. The van der Waals surface area contributed by atoms with Crippen LogP contribution in [0.4, 0.5) is 5.69 Å². The van der Waals surface area contributed by atoms with Crippen LogP contribution >= 0.6 is 39.3 Å². The second-order valence-corrected chi connectivity index (χ2v) is 9.35. The number of anilines is 1. The number of carbonyl (C=O) groups is 1. The molecule has 0 radical (unpaired) electrons. The SMILES string of the molecule is COc1ccc(Br)cc1[C@@H]1CC(=O)N2CN(c3cc(Cl)ccc3OC)CSC2=C1C#N. The predicted molar refractivity (Wildman–Crippen MR) is 125 cm³/mol. The van der Waals surface area contributed by atoms with Crippen LogP contribution < -0.4 is 14.4 Å². The van der Waals surface area contributed by atoms with Crippen molar-refractivity contribution in [2.24, 2.45) is 0 Å². The molecule has 0 bridgehead atoms. The summed E-state index contributed by atoms with van der Waals surface area (Å²) in [6, 6.07) is 13.4. The molecular weight excluding hydrogens is 502 g/mol. The largest absolute Gasteiger partial charge is 0.496 e. The van der Waals surface area contributed by atoms with Crippen LogP contribution in [-0.2, 0) is 4.79 Å². The van der Waals surface area contributed by atoms with Crippen molar-refractivity contribution in [3.8, 4) is 17.6 Å². The third kappa shape index (κ3) is 4.10. The van der Waals surface area contributed by atoms with Crippen LogP contribution in [0, 0.1) is 11.3 Å². The lowest BCUT2D eigenvalue weighted by Gasteiger charge is -2.42. The molecule has 2 heterocycles. The Morgan fingerprint density at radius 3 is 2.65 bits per heavy atom. The van der Waals surface area contributed by atoms with Crippen molar-refractivity contribution in [1.82, 2.24) is 4.90 Å². The number of allylic oxidation sites excluding steroid dienone is 1. The number of hydrogen-bond acceptors (Lipinski definition) is 6. The van der Waals surface area contributed by atoms with E-state index in [4.69, 9.17) is 21.1 Å². The van der Waals surface area contributed by atoms with Crippen molar-refractivity contribution < 1.29 is 14.3 Å². The summed E-state index contributed by atoms with van der Waals surface area (Å²) in [7, 11) is 3.19. The standard InChI is InChI=1S/C22H19BrClN3O3S/c1-29-19-5-3-13(23)7-16(19)15-9-21(28)27-11-26(12-31-22(27)17(15)10-25)18-8-14(24)4-6-20(18)30-2/h3-8,15H,9,11-12H2,1-2H3/t15-/m0/s1. The Morgan fingerprint density at radius 1 is 1.19 bits per heavy atom. The van der Waals surface area contributed by atoms with Gasteiger partial charge in [0.15, 0.2) is 0 Å². The highest BCUT2D eigenvalue weighted by atomic mass is 79.9. The molecule has 0 aromatic heterocycles. The van der Waals surface area contributed by atoms with Gasteiger partial charge in [-0.25, -0.2) is 0 Å². The molecule has 2 aliphatic rings. The zero-order valence-electron chi connectivity index (χ0n) is 16.9. The van der Waals surface area contributed by atoms with Crippen molar-refractivity contribution in [3.05, 3.63) is 62.1 Å². The number of methoxy groups -OCH3 is 2. The monoisotopic (exact) mass is 519 g/mol. The van der Waals surface area contributed by atoms with Crippen LogP contribution in [0.1, 0.15) is 17.9 Å². The van der Waals surface area contributed by atoms with E-state index in [1.807, 2.05) is 35.2 Å². The molecule has 1 fully saturated rings. The first kappa shape index (κ1) is 21.9. The van der Waals surface area contributed by atoms with E-state index in [0.29, 0.717) is 39.7 Å². The van der Waals surface area contributed by atoms with Crippen molar-refractivity contribution in [2.75, 3.05) is 31.7 Å². The molecule has 160 valence electrons. The van der Waals surface area contributed by atoms with Crippen molar-refractivity contribution >= 4 is 50.9 Å². The first-order valence-corrected chi connectivity index (χ1v) is 11.6. The van der Waals surface area contributed by atoms with Gasteiger partial charge in [-0.3, -0.25) is 9.69 Å². The molecule has 1 atom stereocenters. The normalized spacial score (nSPS) is 18.5. The van der Waals surface area contributed by atoms with Crippen LogP contribution in [0.15, 0.2) is 51.5 Å². The smallest absolute Gasteiger partial charge is 0.229 e. The summed E-state index contributed by atoms with van der Waals surface area (Å²) in [5.74, 6) is 1.51. The molecule has 31 heavy (non-hydrogen) atoms. The minimum atomic E-state index is -0.351. The second kappa shape index (κ2) is 9.03. The number of halogens is 2. The van der Waals surface area contributed by atoms with Crippen LogP contribution in [0.2, 0.25) is 5.02 Å². The van der Waals surface area contributed by atoms with E-state index in [1.165, 1.54) is 11.8 Å². The third-order valence-electron chi connectivity index (χ3n) is 5.34. The van der Waals surface area contributed by atoms with Gasteiger partial charge in [0.1, 0.15) is 11.5 Å². The lowest BCUT2D eigenvalue weighted by Crippen LogP contribution is -2.47. The zero-order chi connectivity index (χ0) is 22.1. The van der Waals surface area contributed by atoms with Crippen LogP contribution in [0.25, 0.3) is 0 Å². The maximum Gasteiger partial charge on any atom is 0.229 e. The molecule has 0 aliphatic carbocycles. The lowest BCUT2D eigenvalue weighted by molar-refractivity contribution is -0.129. The second-order valence-electron chi connectivity index (χ2n) is 7.07. The Balaban J connectivity index is 1.72. The highest BCUT2D eigenvalue weighted by molar-refractivity contribution is 9.10. The number of nitrogens with zero attached hydrogens (tertiary/aromatic N) is 3. The number of hydrogen-bond donors (Lipinski definition) is 0. The molecule has 0 N–H and O–H groups in total. The number of carbonyl (C=O) groups excluding carboxylic acids is 1. The van der Waals surface area contributed by atoms with Crippen molar-refractivity contribution in [3.63, 3.8) is 0 Å². The highest BCUT2D eigenvalue weighted by Gasteiger charge is 2.39. The number of amides is 1. The van der Waals surface area contributed by atoms with E-state index < -0.39 is 0 Å². The number of ether oxygens (including phenoxy) is 2. The predicted octanol–water partition coefficient (Wildman–Crippen LogP) is 5.34. The summed E-state index contributed by atoms with van der Waals surface area (Å²) in [6.07, 6.45) is 0.195. The molecule has 0 saturated carbocycles. The van der Waals surface area contributed by atoms with E-state index in [2.05, 4.69) is 22.0 Å². The van der Waals surface area contributed by atoms with Gasteiger partial charge in [-0.1, -0.05) is 39.3 Å². The first-order valence-electron chi connectivity index (χ1n) is 9.46. The van der Waals surface area contributed by atoms with Crippen molar-refractivity contribution in [2.45, 2.75) is 12.3 Å². The maximum absolute atomic E-state index is 13.2. The molecule has 2 aromatic rings. The number of rotatable bonds is 4. The molecule has 4 rings (SSSR count). The van der Waals surface area contributed by atoms with Crippen LogP contribution in [-0.4, -0.2) is 37.6 Å². The van der Waals surface area contributed by atoms with Gasteiger partial charge in [-0.15, -0.1) is 0 Å². The summed E-state index contributed by atoms with van der Waals surface area (Å²) in [6.45, 7) is 0.325. The number of nitriles is 1. The molecule has 2 aliphatic heterocycles. The molecular formula is C22H19BrClN3O3S. The summed E-state index contributed by atoms with van der Waals surface area (Å²) in [5.41, 5.74) is 2.22. The average molecular weight is 521 g/mol. The van der Waals surface area contributed by atoms with Gasteiger partial charge < -0.3 is 14.4 Å². The summed E-state index contributed by atoms with van der Waals surface area (Å²) in [4.78, 5) is 16.9. The van der Waals surface area contributed by atoms with E-state index >= 15 is 0 Å². The Labute approximate surface area is 198 Å². The Hall–Kier alpha value is -2.34. The van der Waals surface area contributed by atoms with Gasteiger partial charge in [0.2, 0.25) is 5.91 Å². The van der Waals surface area contributed by atoms with E-state index in [0.717, 1.165) is 15.7 Å². The fourth-order valence-corrected chi connectivity index (χ4v) is 5.57. The molecule has 6 nitrogen and oxygen atoms in total. The van der Waals surface area contributed by atoms with E-state index in [9.17, 15) is 10.1 Å². The Kier molecular flexibility index (Phi) is 6.37. The van der Waals surface area contributed by atoms with Crippen LogP contribution in [0.5, 0.6) is 11.5 Å². The third-order valence-corrected chi connectivity index (χ3v) is 7.23. The minimum absolute atomic E-state index is 0.0424. The number of benzene rings is 2. The van der Waals surface area contributed by atoms with Gasteiger partial charge >= 0.3 is 0 Å². The van der Waals surface area contributed by atoms with Gasteiger partial charge in [0, 0.05) is 27.4 Å². The summed E-state index contributed by atoms with van der Waals surface area (Å²) in [5, 5.41) is 11.3. The van der Waals surface area contributed by atoms with E-state index in [1.54, 1.807) is 25.2 Å². The summed E-state index contributed by atoms with van der Waals surface area (Å²) < 4.78 is 11.9. The van der Waals surface area contributed by atoms with Gasteiger partial charge in [0.05, 0.1) is 49.1 Å². The van der Waals surface area contributed by atoms with Crippen molar-refractivity contribution in [1.29, 1.82) is 5.26 Å². The molecule has 1 saturated heterocycles. The molecule has 0 unspecified atom stereocenters. The van der Waals surface area contributed by atoms with Gasteiger partial charge in [0.25, 0.3) is 0 Å². The molecule has 2 aromatic carbocycles. The fraction of sp³-hybridized carbons (Fsp3) is 0.273. The van der Waals surface area contributed by atoms with Gasteiger partial charge in [-0.2, -0.15) is 5.26 Å². The minimum Gasteiger partial charge on any atom is -0.496 e. The summed E-state index contributed by atoms with van der Waals surface area (Å²) >= 11 is 11.1. The fourth-order valence-electron chi connectivity index (χ4n) is 3.87. The molecule has 1 amide bonds. The first-order chi connectivity index (χ1) is 15.0. The quantitative estimate of drug-likeness (QED) is 0.542. The Morgan fingerprint density at radius 2 is 1.94 bits per heavy atom. The number of thioether (sulfide) groups is 1.